The molecule has 0 aliphatic carbocycles. The molecule has 0 bridgehead atoms. The highest BCUT2D eigenvalue weighted by molar-refractivity contribution is 5.92. The maximum Gasteiger partial charge on any atom is 0.238 e. The topological polar surface area (TPSA) is 72.8 Å². The van der Waals surface area contributed by atoms with E-state index >= 15 is 0 Å². The summed E-state index contributed by atoms with van der Waals surface area (Å²) in [7, 11) is 0. The molecule has 5 nitrogen and oxygen atoms in total. The SMILES string of the molecule is Cc1cccc(NC(=O)CN2C[C@@H](O)[C@@H](O)C2)c1. The Morgan fingerprint density at radius 2 is 2.06 bits per heavy atom. The van der Waals surface area contributed by atoms with E-state index in [-0.39, 0.29) is 12.5 Å². The van der Waals surface area contributed by atoms with Gasteiger partial charge in [-0.3, -0.25) is 9.69 Å². The zero-order chi connectivity index (χ0) is 13.1. The molecular weight excluding hydrogens is 232 g/mol. The summed E-state index contributed by atoms with van der Waals surface area (Å²) in [5.41, 5.74) is 1.85. The van der Waals surface area contributed by atoms with Crippen molar-refractivity contribution in [3.8, 4) is 0 Å². The number of likely N-dealkylation sites (tertiary alicyclic amines) is 1. The second kappa shape index (κ2) is 5.48. The van der Waals surface area contributed by atoms with Crippen LogP contribution in [0.5, 0.6) is 0 Å². The number of aliphatic hydroxyl groups is 2. The number of carbonyl (C=O) groups excluding carboxylic acids is 1. The monoisotopic (exact) mass is 250 g/mol. The molecule has 0 unspecified atom stereocenters. The lowest BCUT2D eigenvalue weighted by Gasteiger charge is -2.14. The first kappa shape index (κ1) is 13.0. The van der Waals surface area contributed by atoms with E-state index in [0.29, 0.717) is 13.1 Å². The van der Waals surface area contributed by atoms with E-state index in [2.05, 4.69) is 5.32 Å². The number of β-amino-alcohol motifs (C(OH)–C–C–N with tert-alkyl or cyclic N) is 2. The third-order valence-electron chi connectivity index (χ3n) is 3.00. The Balaban J connectivity index is 1.86. The van der Waals surface area contributed by atoms with Gasteiger partial charge in [0.2, 0.25) is 5.91 Å². The van der Waals surface area contributed by atoms with Gasteiger partial charge in [0.05, 0.1) is 18.8 Å². The molecule has 0 spiro atoms. The first-order chi connectivity index (χ1) is 8.54. The number of aryl methyl sites for hydroxylation is 1. The summed E-state index contributed by atoms with van der Waals surface area (Å²) >= 11 is 0. The van der Waals surface area contributed by atoms with Crippen LogP contribution < -0.4 is 5.32 Å². The molecule has 1 amide bonds. The molecule has 2 atom stereocenters. The van der Waals surface area contributed by atoms with E-state index in [4.69, 9.17) is 0 Å². The van der Waals surface area contributed by atoms with Crippen LogP contribution in [0.4, 0.5) is 5.69 Å². The highest BCUT2D eigenvalue weighted by Gasteiger charge is 2.30. The molecule has 3 N–H and O–H groups in total. The number of carbonyl (C=O) groups is 1. The summed E-state index contributed by atoms with van der Waals surface area (Å²) in [6, 6.07) is 7.57. The first-order valence-electron chi connectivity index (χ1n) is 5.99. The average Bonchev–Trinajstić information content (AvgIpc) is 2.57. The molecular formula is C13H18N2O3. The largest absolute Gasteiger partial charge is 0.389 e. The number of hydrogen-bond acceptors (Lipinski definition) is 4. The van der Waals surface area contributed by atoms with E-state index < -0.39 is 12.2 Å². The van der Waals surface area contributed by atoms with E-state index in [9.17, 15) is 15.0 Å². The van der Waals surface area contributed by atoms with Crippen LogP contribution in [0.15, 0.2) is 24.3 Å². The van der Waals surface area contributed by atoms with Crippen LogP contribution in [0.25, 0.3) is 0 Å². The highest BCUT2D eigenvalue weighted by Crippen LogP contribution is 2.12. The van der Waals surface area contributed by atoms with Crippen molar-refractivity contribution in [1.82, 2.24) is 4.90 Å². The number of aliphatic hydroxyl groups excluding tert-OH is 2. The minimum absolute atomic E-state index is 0.137. The van der Waals surface area contributed by atoms with Crippen molar-refractivity contribution in [2.75, 3.05) is 25.0 Å². The van der Waals surface area contributed by atoms with E-state index in [1.54, 1.807) is 4.90 Å². The molecule has 1 fully saturated rings. The van der Waals surface area contributed by atoms with Gasteiger partial charge in [-0.05, 0) is 24.6 Å². The smallest absolute Gasteiger partial charge is 0.238 e. The fraction of sp³-hybridized carbons (Fsp3) is 0.462. The maximum atomic E-state index is 11.8. The Morgan fingerprint density at radius 3 is 2.67 bits per heavy atom. The van der Waals surface area contributed by atoms with Gasteiger partial charge in [0, 0.05) is 18.8 Å². The number of nitrogens with one attached hydrogen (secondary N) is 1. The van der Waals surface area contributed by atoms with Crippen LogP contribution in [0.1, 0.15) is 5.56 Å². The molecule has 1 saturated heterocycles. The summed E-state index contributed by atoms with van der Waals surface area (Å²) in [5, 5.41) is 21.6. The van der Waals surface area contributed by atoms with Gasteiger partial charge in [0.1, 0.15) is 0 Å². The number of benzene rings is 1. The predicted octanol–water partition coefficient (Wildman–Crippen LogP) is -0.0291. The maximum absolute atomic E-state index is 11.8. The molecule has 1 aromatic rings. The summed E-state index contributed by atoms with van der Waals surface area (Å²) in [6.45, 7) is 2.82. The van der Waals surface area contributed by atoms with Crippen molar-refractivity contribution in [3.05, 3.63) is 29.8 Å². The number of anilines is 1. The lowest BCUT2D eigenvalue weighted by molar-refractivity contribution is -0.117. The molecule has 0 aromatic heterocycles. The number of amides is 1. The standard InChI is InChI=1S/C13H18N2O3/c1-9-3-2-4-10(5-9)14-13(18)8-15-6-11(16)12(17)7-15/h2-5,11-12,16-17H,6-8H2,1H3,(H,14,18)/t11-,12+. The second-order valence-corrected chi connectivity index (χ2v) is 4.75. The lowest BCUT2D eigenvalue weighted by Crippen LogP contribution is -2.32. The van der Waals surface area contributed by atoms with Crippen LogP contribution in [0.3, 0.4) is 0 Å². The van der Waals surface area contributed by atoms with Gasteiger partial charge in [-0.2, -0.15) is 0 Å². The minimum Gasteiger partial charge on any atom is -0.389 e. The quantitative estimate of drug-likeness (QED) is 0.704. The van der Waals surface area contributed by atoms with Crippen molar-refractivity contribution in [1.29, 1.82) is 0 Å². The molecule has 18 heavy (non-hydrogen) atoms. The molecule has 5 heteroatoms. The average molecular weight is 250 g/mol. The van der Waals surface area contributed by atoms with Crippen LogP contribution in [0.2, 0.25) is 0 Å². The third kappa shape index (κ3) is 3.29. The fourth-order valence-electron chi connectivity index (χ4n) is 2.10. The Hall–Kier alpha value is -1.43. The van der Waals surface area contributed by atoms with E-state index in [0.717, 1.165) is 11.3 Å². The van der Waals surface area contributed by atoms with E-state index in [1.165, 1.54) is 0 Å². The van der Waals surface area contributed by atoms with Crippen molar-refractivity contribution in [2.45, 2.75) is 19.1 Å². The molecule has 1 heterocycles. The zero-order valence-electron chi connectivity index (χ0n) is 10.3. The first-order valence-corrected chi connectivity index (χ1v) is 5.99. The van der Waals surface area contributed by atoms with Crippen LogP contribution >= 0.6 is 0 Å². The second-order valence-electron chi connectivity index (χ2n) is 4.75. The summed E-state index contributed by atoms with van der Waals surface area (Å²) in [6.07, 6.45) is -1.51. The van der Waals surface area contributed by atoms with Crippen LogP contribution in [-0.4, -0.2) is 52.9 Å². The summed E-state index contributed by atoms with van der Waals surface area (Å²) < 4.78 is 0. The zero-order valence-corrected chi connectivity index (χ0v) is 10.3. The van der Waals surface area contributed by atoms with E-state index in [1.807, 2.05) is 31.2 Å². The molecule has 1 aromatic carbocycles. The Morgan fingerprint density at radius 1 is 1.39 bits per heavy atom. The number of rotatable bonds is 3. The van der Waals surface area contributed by atoms with Gasteiger partial charge in [-0.25, -0.2) is 0 Å². The van der Waals surface area contributed by atoms with Gasteiger partial charge in [-0.1, -0.05) is 12.1 Å². The van der Waals surface area contributed by atoms with Crippen molar-refractivity contribution in [2.24, 2.45) is 0 Å². The number of hydrogen-bond donors (Lipinski definition) is 3. The van der Waals surface area contributed by atoms with Crippen molar-refractivity contribution < 1.29 is 15.0 Å². The predicted molar refractivity (Wildman–Crippen MR) is 68.3 cm³/mol. The third-order valence-corrected chi connectivity index (χ3v) is 3.00. The summed E-state index contributed by atoms with van der Waals surface area (Å²) in [4.78, 5) is 13.5. The van der Waals surface area contributed by atoms with Crippen LogP contribution in [0, 0.1) is 6.92 Å². The minimum atomic E-state index is -0.753. The molecule has 0 radical (unpaired) electrons. The molecule has 98 valence electrons. The van der Waals surface area contributed by atoms with Gasteiger partial charge in [0.25, 0.3) is 0 Å². The molecule has 1 aliphatic rings. The molecule has 2 rings (SSSR count). The lowest BCUT2D eigenvalue weighted by atomic mass is 10.2. The van der Waals surface area contributed by atoms with Crippen molar-refractivity contribution in [3.63, 3.8) is 0 Å². The summed E-state index contributed by atoms with van der Waals surface area (Å²) in [5.74, 6) is -0.137. The van der Waals surface area contributed by atoms with Crippen LogP contribution in [-0.2, 0) is 4.79 Å². The van der Waals surface area contributed by atoms with Gasteiger partial charge >= 0.3 is 0 Å². The highest BCUT2D eigenvalue weighted by atomic mass is 16.3. The van der Waals surface area contributed by atoms with Gasteiger partial charge < -0.3 is 15.5 Å². The normalized spacial score (nSPS) is 24.2. The molecule has 1 aliphatic heterocycles. The fourth-order valence-corrected chi connectivity index (χ4v) is 2.10. The molecule has 0 saturated carbocycles. The van der Waals surface area contributed by atoms with Gasteiger partial charge in [-0.15, -0.1) is 0 Å². The Bertz CT molecular complexity index is 426. The number of nitrogens with zero attached hydrogens (tertiary/aromatic N) is 1. The van der Waals surface area contributed by atoms with Crippen molar-refractivity contribution >= 4 is 11.6 Å². The Kier molecular flexibility index (Phi) is 3.96. The van der Waals surface area contributed by atoms with Gasteiger partial charge in [0.15, 0.2) is 0 Å². The Labute approximate surface area is 106 Å².